The number of hydrogen-bond acceptors (Lipinski definition) is 3. The van der Waals surface area contributed by atoms with Gasteiger partial charge in [0.05, 0.1) is 17.6 Å². The van der Waals surface area contributed by atoms with Crippen LogP contribution in [0.3, 0.4) is 0 Å². The van der Waals surface area contributed by atoms with E-state index in [4.69, 9.17) is 5.73 Å². The molecule has 92 valence electrons. The number of aromatic nitrogens is 2. The molecule has 2 unspecified atom stereocenters. The zero-order valence-corrected chi connectivity index (χ0v) is 11.3. The summed E-state index contributed by atoms with van der Waals surface area (Å²) in [4.78, 5) is 4.12. The molecule has 1 rings (SSSR count). The molecule has 1 aromatic heterocycles. The van der Waals surface area contributed by atoms with E-state index in [0.29, 0.717) is 0 Å². The van der Waals surface area contributed by atoms with Crippen molar-refractivity contribution in [1.82, 2.24) is 9.55 Å². The van der Waals surface area contributed by atoms with Gasteiger partial charge in [0.15, 0.2) is 0 Å². The van der Waals surface area contributed by atoms with Crippen molar-refractivity contribution in [2.75, 3.05) is 6.26 Å². The summed E-state index contributed by atoms with van der Waals surface area (Å²) in [6.07, 6.45) is 6.21. The van der Waals surface area contributed by atoms with Crippen LogP contribution in [-0.4, -0.2) is 25.3 Å². The molecular weight excluding hydrogens is 222 g/mol. The second-order valence-corrected chi connectivity index (χ2v) is 6.59. The van der Waals surface area contributed by atoms with Gasteiger partial charge in [0, 0.05) is 35.0 Å². The Labute approximate surface area is 99.7 Å². The molecule has 0 spiro atoms. The van der Waals surface area contributed by atoms with E-state index in [9.17, 15) is 4.21 Å². The van der Waals surface area contributed by atoms with Gasteiger partial charge >= 0.3 is 0 Å². The van der Waals surface area contributed by atoms with Crippen LogP contribution in [0, 0.1) is 0 Å². The number of nitrogens with zero attached hydrogens (tertiary/aromatic N) is 2. The zero-order valence-electron chi connectivity index (χ0n) is 10.4. The average Bonchev–Trinajstić information content (AvgIpc) is 2.60. The van der Waals surface area contributed by atoms with Crippen LogP contribution in [0.25, 0.3) is 0 Å². The van der Waals surface area contributed by atoms with Crippen LogP contribution in [0.2, 0.25) is 0 Å². The maximum atomic E-state index is 11.2. The van der Waals surface area contributed by atoms with Crippen LogP contribution in [0.1, 0.15) is 32.9 Å². The molecule has 0 saturated carbocycles. The molecule has 0 aliphatic heterocycles. The minimum Gasteiger partial charge on any atom is -0.333 e. The van der Waals surface area contributed by atoms with Gasteiger partial charge in [-0.1, -0.05) is 6.92 Å². The van der Waals surface area contributed by atoms with Gasteiger partial charge in [-0.05, 0) is 20.3 Å². The molecule has 0 aliphatic carbocycles. The minimum atomic E-state index is -0.765. The summed E-state index contributed by atoms with van der Waals surface area (Å²) in [5.41, 5.74) is 6.68. The van der Waals surface area contributed by atoms with Gasteiger partial charge in [0.1, 0.15) is 0 Å². The lowest BCUT2D eigenvalue weighted by atomic mass is 10.0. The van der Waals surface area contributed by atoms with Crippen LogP contribution in [0.15, 0.2) is 12.5 Å². The summed E-state index contributed by atoms with van der Waals surface area (Å²) in [6.45, 7) is 6.74. The molecule has 0 fully saturated rings. The van der Waals surface area contributed by atoms with Gasteiger partial charge in [-0.15, -0.1) is 0 Å². The highest BCUT2D eigenvalue weighted by atomic mass is 32.2. The van der Waals surface area contributed by atoms with E-state index in [1.54, 1.807) is 18.8 Å². The number of hydrogen-bond donors (Lipinski definition) is 1. The third-order valence-electron chi connectivity index (χ3n) is 2.72. The van der Waals surface area contributed by atoms with Crippen molar-refractivity contribution in [3.63, 3.8) is 0 Å². The monoisotopic (exact) mass is 243 g/mol. The van der Waals surface area contributed by atoms with Crippen molar-refractivity contribution in [2.45, 2.75) is 44.5 Å². The molecule has 0 amide bonds. The van der Waals surface area contributed by atoms with Gasteiger partial charge in [-0.2, -0.15) is 0 Å². The summed E-state index contributed by atoms with van der Waals surface area (Å²) in [5.74, 6) is 0. The molecule has 0 saturated heterocycles. The smallest absolute Gasteiger partial charge is 0.0948 e. The van der Waals surface area contributed by atoms with Crippen molar-refractivity contribution in [2.24, 2.45) is 5.73 Å². The van der Waals surface area contributed by atoms with Crippen LogP contribution in [0.4, 0.5) is 0 Å². The first-order valence-electron chi connectivity index (χ1n) is 5.44. The summed E-state index contributed by atoms with van der Waals surface area (Å²) >= 11 is 0. The van der Waals surface area contributed by atoms with E-state index in [1.165, 1.54) is 0 Å². The van der Waals surface area contributed by atoms with Crippen LogP contribution < -0.4 is 5.73 Å². The normalized spacial score (nSPS) is 16.1. The molecule has 0 aromatic carbocycles. The maximum Gasteiger partial charge on any atom is 0.0948 e. The first-order valence-corrected chi connectivity index (χ1v) is 7.06. The van der Waals surface area contributed by atoms with Gasteiger partial charge in [-0.25, -0.2) is 4.98 Å². The van der Waals surface area contributed by atoms with Crippen LogP contribution >= 0.6 is 0 Å². The molecule has 0 aliphatic rings. The molecule has 16 heavy (non-hydrogen) atoms. The molecule has 0 radical (unpaired) electrons. The Bertz CT molecular complexity index is 368. The van der Waals surface area contributed by atoms with Crippen LogP contribution in [-0.2, 0) is 22.9 Å². The molecular formula is C11H21N3OS. The Morgan fingerprint density at radius 1 is 1.62 bits per heavy atom. The van der Waals surface area contributed by atoms with Crippen molar-refractivity contribution in [1.29, 1.82) is 0 Å². The van der Waals surface area contributed by atoms with E-state index in [1.807, 2.05) is 25.3 Å². The van der Waals surface area contributed by atoms with Crippen molar-refractivity contribution < 1.29 is 4.21 Å². The first-order chi connectivity index (χ1) is 7.32. The Morgan fingerprint density at radius 2 is 2.25 bits per heavy atom. The lowest BCUT2D eigenvalue weighted by molar-refractivity contribution is 0.484. The summed E-state index contributed by atoms with van der Waals surface area (Å²) in [5, 5.41) is 0.205. The van der Waals surface area contributed by atoms with Gasteiger partial charge in [0.2, 0.25) is 0 Å². The summed E-state index contributed by atoms with van der Waals surface area (Å²) in [7, 11) is -0.765. The highest BCUT2D eigenvalue weighted by Crippen LogP contribution is 2.17. The highest BCUT2D eigenvalue weighted by Gasteiger charge is 2.19. The van der Waals surface area contributed by atoms with Crippen molar-refractivity contribution in [3.05, 3.63) is 18.2 Å². The van der Waals surface area contributed by atoms with Gasteiger partial charge in [-0.3, -0.25) is 4.21 Å². The van der Waals surface area contributed by atoms with Crippen molar-refractivity contribution in [3.8, 4) is 0 Å². The van der Waals surface area contributed by atoms with E-state index in [-0.39, 0.29) is 10.8 Å². The predicted octanol–water partition coefficient (Wildman–Crippen LogP) is 1.23. The molecule has 5 heteroatoms. The topological polar surface area (TPSA) is 60.9 Å². The lowest BCUT2D eigenvalue weighted by Gasteiger charge is -2.21. The maximum absolute atomic E-state index is 11.2. The SMILES string of the molecule is CC(CCn1cncc1C(C)(C)N)S(C)=O. The Kier molecular flexibility index (Phi) is 4.27. The molecule has 1 aromatic rings. The number of nitrogens with two attached hydrogens (primary N) is 1. The number of imidazole rings is 1. The van der Waals surface area contributed by atoms with Gasteiger partial charge < -0.3 is 10.3 Å². The highest BCUT2D eigenvalue weighted by molar-refractivity contribution is 7.84. The van der Waals surface area contributed by atoms with E-state index >= 15 is 0 Å². The fraction of sp³-hybridized carbons (Fsp3) is 0.727. The Hall–Kier alpha value is -0.680. The van der Waals surface area contributed by atoms with E-state index < -0.39 is 10.8 Å². The minimum absolute atomic E-state index is 0.205. The average molecular weight is 243 g/mol. The lowest BCUT2D eigenvalue weighted by Crippen LogP contribution is -2.31. The molecule has 4 nitrogen and oxygen atoms in total. The van der Waals surface area contributed by atoms with Crippen molar-refractivity contribution >= 4 is 10.8 Å². The third-order valence-corrected chi connectivity index (χ3v) is 4.08. The Balaban J connectivity index is 2.68. The molecule has 2 N–H and O–H groups in total. The predicted molar refractivity (Wildman–Crippen MR) is 67.6 cm³/mol. The first kappa shape index (κ1) is 13.4. The Morgan fingerprint density at radius 3 is 2.75 bits per heavy atom. The largest absolute Gasteiger partial charge is 0.333 e. The summed E-state index contributed by atoms with van der Waals surface area (Å²) in [6, 6.07) is 0. The van der Waals surface area contributed by atoms with Gasteiger partial charge in [0.25, 0.3) is 0 Å². The van der Waals surface area contributed by atoms with Crippen LogP contribution in [0.5, 0.6) is 0 Å². The molecule has 2 atom stereocenters. The number of rotatable bonds is 5. The summed E-state index contributed by atoms with van der Waals surface area (Å²) < 4.78 is 13.3. The second-order valence-electron chi connectivity index (χ2n) is 4.79. The fourth-order valence-electron chi connectivity index (χ4n) is 1.52. The van der Waals surface area contributed by atoms with E-state index in [0.717, 1.165) is 18.7 Å². The molecule has 1 heterocycles. The molecule has 0 bridgehead atoms. The standard InChI is InChI=1S/C11H21N3OS/c1-9(16(4)15)5-6-14-8-13-7-10(14)11(2,3)12/h7-9H,5-6,12H2,1-4H3. The second kappa shape index (κ2) is 5.10. The fourth-order valence-corrected chi connectivity index (χ4v) is 1.96. The zero-order chi connectivity index (χ0) is 12.3. The number of aryl methyl sites for hydroxylation is 1. The third kappa shape index (κ3) is 3.42. The quantitative estimate of drug-likeness (QED) is 0.846. The van der Waals surface area contributed by atoms with E-state index in [2.05, 4.69) is 4.98 Å².